The van der Waals surface area contributed by atoms with Crippen LogP contribution in [0.15, 0.2) is 60.7 Å². The Labute approximate surface area is 138 Å². The molecule has 1 nitrogen and oxygen atoms in total. The maximum Gasteiger partial charge on any atom is 0.155 e. The standard InChI is InChI=1S/C22H22O/c1-2-3-5-10-17(23)15-16-22-20-12-7-4-6-11-18(20)19-13-8-9-14-21(19)22/h4,6-9,11-16H,2-3,5,10H2,1H3/b16-15+. The Kier molecular flexibility index (Phi) is 4.87. The van der Waals surface area contributed by atoms with E-state index in [0.29, 0.717) is 6.42 Å². The van der Waals surface area contributed by atoms with Crippen LogP contribution in [0.1, 0.15) is 38.2 Å². The third-order valence-electron chi connectivity index (χ3n) is 4.30. The molecule has 0 amide bonds. The fourth-order valence-corrected chi connectivity index (χ4v) is 3.10. The molecule has 3 rings (SSSR count). The number of benzene rings is 1. The van der Waals surface area contributed by atoms with Crippen LogP contribution in [-0.4, -0.2) is 5.78 Å². The molecular weight excluding hydrogens is 280 g/mol. The molecule has 2 aliphatic carbocycles. The summed E-state index contributed by atoms with van der Waals surface area (Å²) in [5.41, 5.74) is 3.59. The summed E-state index contributed by atoms with van der Waals surface area (Å²) in [5.74, 6) is 0.220. The van der Waals surface area contributed by atoms with Crippen molar-refractivity contribution in [3.63, 3.8) is 0 Å². The normalized spacial score (nSPS) is 11.5. The highest BCUT2D eigenvalue weighted by Crippen LogP contribution is 2.39. The van der Waals surface area contributed by atoms with Crippen molar-refractivity contribution in [2.45, 2.75) is 32.6 Å². The third kappa shape index (κ3) is 3.34. The summed E-state index contributed by atoms with van der Waals surface area (Å²) in [6, 6.07) is 18.9. The van der Waals surface area contributed by atoms with Gasteiger partial charge in [0.15, 0.2) is 5.78 Å². The predicted molar refractivity (Wildman–Crippen MR) is 98.8 cm³/mol. The average Bonchev–Trinajstić information content (AvgIpc) is 2.72. The van der Waals surface area contributed by atoms with Crippen LogP contribution in [0.4, 0.5) is 0 Å². The molecule has 0 saturated carbocycles. The van der Waals surface area contributed by atoms with Crippen molar-refractivity contribution in [3.05, 3.63) is 66.2 Å². The lowest BCUT2D eigenvalue weighted by Crippen LogP contribution is -1.91. The molecule has 0 unspecified atom stereocenters. The summed E-state index contributed by atoms with van der Waals surface area (Å²) in [7, 11) is 0. The molecule has 0 bridgehead atoms. The van der Waals surface area contributed by atoms with E-state index >= 15 is 0 Å². The summed E-state index contributed by atoms with van der Waals surface area (Å²) in [4.78, 5) is 12.1. The van der Waals surface area contributed by atoms with Gasteiger partial charge in [0.25, 0.3) is 0 Å². The number of carbonyl (C=O) groups excluding carboxylic acids is 1. The first-order chi connectivity index (χ1) is 11.3. The van der Waals surface area contributed by atoms with Crippen molar-refractivity contribution in [2.75, 3.05) is 0 Å². The Morgan fingerprint density at radius 3 is 2.35 bits per heavy atom. The lowest BCUT2D eigenvalue weighted by atomic mass is 10.1. The second-order valence-electron chi connectivity index (χ2n) is 5.95. The topological polar surface area (TPSA) is 17.1 Å². The first kappa shape index (κ1) is 15.5. The number of unbranched alkanes of at least 4 members (excludes halogenated alkanes) is 2. The van der Waals surface area contributed by atoms with Crippen LogP contribution >= 0.6 is 0 Å². The van der Waals surface area contributed by atoms with Crippen LogP contribution in [0.3, 0.4) is 0 Å². The molecule has 2 aliphatic rings. The van der Waals surface area contributed by atoms with E-state index in [1.807, 2.05) is 12.1 Å². The molecule has 0 radical (unpaired) electrons. The minimum Gasteiger partial charge on any atom is -0.295 e. The number of fused-ring (bicyclic) bond motifs is 3. The second kappa shape index (κ2) is 7.23. The summed E-state index contributed by atoms with van der Waals surface area (Å²) in [6.45, 7) is 2.16. The summed E-state index contributed by atoms with van der Waals surface area (Å²) in [5, 5.41) is 2.46. The molecule has 0 fully saturated rings. The van der Waals surface area contributed by atoms with Crippen molar-refractivity contribution < 1.29 is 4.79 Å². The van der Waals surface area contributed by atoms with E-state index in [0.717, 1.165) is 24.8 Å². The number of hydrogen-bond acceptors (Lipinski definition) is 1. The monoisotopic (exact) mass is 302 g/mol. The molecule has 23 heavy (non-hydrogen) atoms. The first-order valence-electron chi connectivity index (χ1n) is 8.41. The maximum absolute atomic E-state index is 12.1. The Morgan fingerprint density at radius 1 is 0.870 bits per heavy atom. The van der Waals surface area contributed by atoms with E-state index in [9.17, 15) is 4.79 Å². The molecule has 1 aromatic rings. The molecule has 0 spiro atoms. The van der Waals surface area contributed by atoms with Gasteiger partial charge in [0, 0.05) is 6.42 Å². The minimum atomic E-state index is 0.220. The first-order valence-corrected chi connectivity index (χ1v) is 8.41. The van der Waals surface area contributed by atoms with Crippen molar-refractivity contribution in [2.24, 2.45) is 0 Å². The lowest BCUT2D eigenvalue weighted by Gasteiger charge is -1.97. The summed E-state index contributed by atoms with van der Waals surface area (Å²) in [6.07, 6.45) is 7.65. The molecule has 1 heteroatoms. The number of hydrogen-bond donors (Lipinski definition) is 0. The molecule has 1 aromatic carbocycles. The molecule has 0 N–H and O–H groups in total. The van der Waals surface area contributed by atoms with E-state index in [4.69, 9.17) is 0 Å². The number of allylic oxidation sites excluding steroid dienone is 1. The number of carbonyl (C=O) groups is 1. The summed E-state index contributed by atoms with van der Waals surface area (Å²) < 4.78 is 0. The largest absolute Gasteiger partial charge is 0.295 e. The van der Waals surface area contributed by atoms with Gasteiger partial charge < -0.3 is 0 Å². The lowest BCUT2D eigenvalue weighted by molar-refractivity contribution is -0.114. The highest BCUT2D eigenvalue weighted by Gasteiger charge is 2.14. The van der Waals surface area contributed by atoms with Crippen LogP contribution in [0.5, 0.6) is 0 Å². The van der Waals surface area contributed by atoms with Crippen molar-refractivity contribution in [1.29, 1.82) is 0 Å². The molecule has 116 valence electrons. The van der Waals surface area contributed by atoms with Gasteiger partial charge in [-0.15, -0.1) is 0 Å². The van der Waals surface area contributed by atoms with Crippen LogP contribution in [0, 0.1) is 0 Å². The molecule has 0 atom stereocenters. The average molecular weight is 302 g/mol. The highest BCUT2D eigenvalue weighted by atomic mass is 16.1. The number of rotatable bonds is 6. The smallest absolute Gasteiger partial charge is 0.155 e. The van der Waals surface area contributed by atoms with Crippen molar-refractivity contribution in [1.82, 2.24) is 0 Å². The van der Waals surface area contributed by atoms with E-state index in [-0.39, 0.29) is 5.78 Å². The van der Waals surface area contributed by atoms with Crippen LogP contribution in [-0.2, 0) is 4.79 Å². The van der Waals surface area contributed by atoms with Gasteiger partial charge in [-0.3, -0.25) is 4.79 Å². The zero-order valence-electron chi connectivity index (χ0n) is 13.6. The van der Waals surface area contributed by atoms with Gasteiger partial charge in [0.2, 0.25) is 0 Å². The molecule has 0 saturated heterocycles. The van der Waals surface area contributed by atoms with Crippen molar-refractivity contribution in [3.8, 4) is 11.1 Å². The van der Waals surface area contributed by atoms with Gasteiger partial charge in [0.1, 0.15) is 0 Å². The van der Waals surface area contributed by atoms with Gasteiger partial charge in [-0.25, -0.2) is 0 Å². The molecule has 0 aromatic heterocycles. The maximum atomic E-state index is 12.1. The minimum absolute atomic E-state index is 0.220. The van der Waals surface area contributed by atoms with Gasteiger partial charge >= 0.3 is 0 Å². The van der Waals surface area contributed by atoms with Gasteiger partial charge in [-0.05, 0) is 40.0 Å². The Morgan fingerprint density at radius 2 is 1.57 bits per heavy atom. The van der Waals surface area contributed by atoms with Gasteiger partial charge in [-0.1, -0.05) is 80.4 Å². The Bertz CT molecular complexity index is 813. The van der Waals surface area contributed by atoms with Gasteiger partial charge in [-0.2, -0.15) is 0 Å². The fourth-order valence-electron chi connectivity index (χ4n) is 3.10. The molecular formula is C22H22O. The van der Waals surface area contributed by atoms with E-state index in [2.05, 4.69) is 55.5 Å². The van der Waals surface area contributed by atoms with Gasteiger partial charge in [0.05, 0.1) is 0 Å². The predicted octanol–water partition coefficient (Wildman–Crippen LogP) is 6.11. The summed E-state index contributed by atoms with van der Waals surface area (Å²) >= 11 is 0. The zero-order valence-corrected chi connectivity index (χ0v) is 13.6. The SMILES string of the molecule is CCCCCC(=O)/C=C/c1c2cccccc-2c2ccccc12. The molecule has 0 heterocycles. The third-order valence-corrected chi connectivity index (χ3v) is 4.30. The number of ketones is 1. The highest BCUT2D eigenvalue weighted by molar-refractivity contribution is 6.10. The van der Waals surface area contributed by atoms with E-state index < -0.39 is 0 Å². The van der Waals surface area contributed by atoms with Crippen molar-refractivity contribution >= 4 is 22.6 Å². The fraction of sp³-hybridized carbons (Fsp3) is 0.227. The zero-order chi connectivity index (χ0) is 16.1. The second-order valence-corrected chi connectivity index (χ2v) is 5.95. The van der Waals surface area contributed by atoms with Crippen LogP contribution in [0.25, 0.3) is 28.0 Å². The van der Waals surface area contributed by atoms with Crippen LogP contribution < -0.4 is 0 Å². The Hall–Kier alpha value is -2.41. The van der Waals surface area contributed by atoms with Crippen LogP contribution in [0.2, 0.25) is 0 Å². The molecule has 0 aliphatic heterocycles. The quantitative estimate of drug-likeness (QED) is 0.397. The van der Waals surface area contributed by atoms with E-state index in [1.54, 1.807) is 6.08 Å². The Balaban J connectivity index is 1.98. The van der Waals surface area contributed by atoms with E-state index in [1.165, 1.54) is 21.9 Å².